The number of fused-ring (bicyclic) bond motifs is 1. The van der Waals surface area contributed by atoms with Crippen LogP contribution in [0, 0.1) is 0 Å². The van der Waals surface area contributed by atoms with E-state index in [-0.39, 0.29) is 125 Å². The SMILES string of the molecule is O=S(=O)([O-])c1ccccc1N=Nc1c(S(=O)(=O)O)cc2c(S(=O)(=O)[O-])ccc(Nc3nc(Cl)nc(NCCO)n3)c2c1[O-].[Na+].[Na+].[Na+]. The van der Waals surface area contributed by atoms with E-state index in [9.17, 15) is 44.0 Å². The van der Waals surface area contributed by atoms with Gasteiger partial charge in [-0.3, -0.25) is 4.55 Å². The van der Waals surface area contributed by atoms with Crippen LogP contribution >= 0.6 is 11.6 Å². The van der Waals surface area contributed by atoms with E-state index in [0.29, 0.717) is 6.07 Å². The Morgan fingerprint density at radius 1 is 0.826 bits per heavy atom. The third kappa shape index (κ3) is 10.2. The van der Waals surface area contributed by atoms with Crippen LogP contribution in [0.5, 0.6) is 5.75 Å². The van der Waals surface area contributed by atoms with Gasteiger partial charge in [0.1, 0.15) is 30.8 Å². The van der Waals surface area contributed by atoms with Gasteiger partial charge in [-0.05, 0) is 41.9 Å². The van der Waals surface area contributed by atoms with Gasteiger partial charge < -0.3 is 30.0 Å². The number of aliphatic hydroxyl groups excluding tert-OH is 1. The third-order valence-corrected chi connectivity index (χ3v) is 8.16. The molecule has 0 aliphatic rings. The van der Waals surface area contributed by atoms with E-state index in [1.807, 2.05) is 0 Å². The van der Waals surface area contributed by atoms with Crippen molar-refractivity contribution < 1.29 is 138 Å². The molecule has 228 valence electrons. The zero-order chi connectivity index (χ0) is 31.7. The summed E-state index contributed by atoms with van der Waals surface area (Å²) in [5, 5.41) is 33.1. The molecule has 18 nitrogen and oxygen atoms in total. The summed E-state index contributed by atoms with van der Waals surface area (Å²) < 4.78 is 105. The summed E-state index contributed by atoms with van der Waals surface area (Å²) in [6.07, 6.45) is 0. The summed E-state index contributed by atoms with van der Waals surface area (Å²) in [4.78, 5) is 8.35. The predicted molar refractivity (Wildman–Crippen MR) is 143 cm³/mol. The Hall–Kier alpha value is -1.09. The molecular formula is C21H15ClN7Na3O11S3. The Bertz CT molecular complexity index is 2130. The minimum Gasteiger partial charge on any atom is -0.870 e. The molecule has 46 heavy (non-hydrogen) atoms. The van der Waals surface area contributed by atoms with E-state index in [4.69, 9.17) is 16.7 Å². The van der Waals surface area contributed by atoms with Crippen LogP contribution in [0.4, 0.5) is 29.0 Å². The molecular weight excluding hydrogens is 727 g/mol. The number of halogens is 1. The van der Waals surface area contributed by atoms with Gasteiger partial charge in [-0.1, -0.05) is 17.9 Å². The summed E-state index contributed by atoms with van der Waals surface area (Å²) in [6, 6.07) is 6.47. The molecule has 4 aromatic rings. The molecule has 0 aliphatic carbocycles. The zero-order valence-corrected chi connectivity index (χ0v) is 33.1. The average Bonchev–Trinajstić information content (AvgIpc) is 2.89. The van der Waals surface area contributed by atoms with Gasteiger partial charge >= 0.3 is 88.7 Å². The van der Waals surface area contributed by atoms with Crippen LogP contribution in [-0.4, -0.2) is 72.1 Å². The molecule has 0 saturated heterocycles. The number of azo groups is 1. The van der Waals surface area contributed by atoms with Crippen molar-refractivity contribution in [1.82, 2.24) is 15.0 Å². The van der Waals surface area contributed by atoms with Crippen LogP contribution in [0.2, 0.25) is 5.28 Å². The van der Waals surface area contributed by atoms with Gasteiger partial charge in [-0.2, -0.15) is 23.4 Å². The molecule has 1 aromatic heterocycles. The van der Waals surface area contributed by atoms with Gasteiger partial charge in [0.05, 0.1) is 22.1 Å². The molecule has 4 N–H and O–H groups in total. The number of hydrogen-bond donors (Lipinski definition) is 4. The Morgan fingerprint density at radius 2 is 1.43 bits per heavy atom. The number of aromatic nitrogens is 3. The maximum absolute atomic E-state index is 13.7. The third-order valence-electron chi connectivity index (χ3n) is 5.35. The molecule has 0 radical (unpaired) electrons. The summed E-state index contributed by atoms with van der Waals surface area (Å²) in [5.41, 5.74) is -2.06. The standard InChI is InChI=1S/C21H18ClN7O11S3.3Na/c22-19-25-20(23-7-8-30)27-21(26-19)24-12-5-6-13(41(32,33)34)10-9-15(43(38,39)40)17(18(31)16(10)12)29-28-11-3-1-2-4-14(11)42(35,36)37;;;/h1-6,9,30-31H,7-8H2,(H,32,33,34)(H,35,36,37)(H,38,39,40)(H2,23,24,25,26,27);;;/q;3*+1/p-3. The molecule has 0 atom stereocenters. The maximum Gasteiger partial charge on any atom is 1.00 e. The molecule has 0 bridgehead atoms. The summed E-state index contributed by atoms with van der Waals surface area (Å²) in [6.45, 7) is -0.299. The maximum atomic E-state index is 13.7. The summed E-state index contributed by atoms with van der Waals surface area (Å²) in [5.74, 6) is -1.88. The van der Waals surface area contributed by atoms with Gasteiger partial charge in [0.25, 0.3) is 10.1 Å². The number of rotatable bonds is 10. The molecule has 0 fully saturated rings. The topological polar surface area (TPSA) is 300 Å². The van der Waals surface area contributed by atoms with E-state index in [1.165, 1.54) is 12.1 Å². The van der Waals surface area contributed by atoms with E-state index < -0.39 is 72.9 Å². The fourth-order valence-electron chi connectivity index (χ4n) is 3.66. The van der Waals surface area contributed by atoms with Crippen molar-refractivity contribution >= 4 is 81.7 Å². The Morgan fingerprint density at radius 3 is 2.02 bits per heavy atom. The molecule has 0 saturated carbocycles. The first-order valence-electron chi connectivity index (χ1n) is 11.2. The fraction of sp³-hybridized carbons (Fsp3) is 0.0952. The normalized spacial score (nSPS) is 11.8. The van der Waals surface area contributed by atoms with Crippen molar-refractivity contribution in [3.63, 3.8) is 0 Å². The van der Waals surface area contributed by atoms with Crippen molar-refractivity contribution in [2.75, 3.05) is 23.8 Å². The molecule has 0 amide bonds. The molecule has 4 rings (SSSR count). The Kier molecular flexibility index (Phi) is 15.9. The van der Waals surface area contributed by atoms with Crippen LogP contribution in [0.15, 0.2) is 67.4 Å². The van der Waals surface area contributed by atoms with E-state index in [0.717, 1.165) is 24.3 Å². The first-order chi connectivity index (χ1) is 20.0. The smallest absolute Gasteiger partial charge is 0.870 e. The number of benzene rings is 3. The molecule has 3 aromatic carbocycles. The molecule has 0 spiro atoms. The number of nitrogens with zero attached hydrogens (tertiary/aromatic N) is 5. The zero-order valence-electron chi connectivity index (χ0n) is 23.9. The van der Waals surface area contributed by atoms with Crippen molar-refractivity contribution in [3.05, 3.63) is 47.7 Å². The van der Waals surface area contributed by atoms with Crippen LogP contribution < -0.4 is 104 Å². The molecule has 25 heteroatoms. The molecule has 1 heterocycles. The van der Waals surface area contributed by atoms with Crippen LogP contribution in [0.25, 0.3) is 10.8 Å². The first-order valence-corrected chi connectivity index (χ1v) is 15.9. The number of anilines is 3. The number of hydrogen-bond acceptors (Lipinski definition) is 17. The van der Waals surface area contributed by atoms with Gasteiger partial charge in [0.15, 0.2) is 0 Å². The van der Waals surface area contributed by atoms with Gasteiger partial charge in [0.2, 0.25) is 17.2 Å². The second-order valence-electron chi connectivity index (χ2n) is 8.16. The van der Waals surface area contributed by atoms with Crippen LogP contribution in [0.1, 0.15) is 0 Å². The van der Waals surface area contributed by atoms with Crippen molar-refractivity contribution in [2.45, 2.75) is 14.7 Å². The quantitative estimate of drug-likeness (QED) is 0.0666. The number of aliphatic hydroxyl groups is 1. The van der Waals surface area contributed by atoms with Gasteiger partial charge in [0, 0.05) is 23.0 Å². The summed E-state index contributed by atoms with van der Waals surface area (Å²) in [7, 11) is -15.8. The number of nitrogens with one attached hydrogen (secondary N) is 2. The van der Waals surface area contributed by atoms with Crippen LogP contribution in [-0.2, 0) is 30.4 Å². The fourth-order valence-corrected chi connectivity index (χ4v) is 5.74. The predicted octanol–water partition coefficient (Wildman–Crippen LogP) is -7.62. The van der Waals surface area contributed by atoms with Gasteiger partial charge in [-0.25, -0.2) is 16.8 Å². The second kappa shape index (κ2) is 17.0. The largest absolute Gasteiger partial charge is 1.00 e. The molecule has 0 aliphatic heterocycles. The van der Waals surface area contributed by atoms with Gasteiger partial charge in [-0.15, -0.1) is 10.2 Å². The monoisotopic (exact) mass is 741 g/mol. The van der Waals surface area contributed by atoms with E-state index in [2.05, 4.69) is 35.8 Å². The van der Waals surface area contributed by atoms with Crippen LogP contribution in [0.3, 0.4) is 0 Å². The average molecular weight is 742 g/mol. The second-order valence-corrected chi connectivity index (χ2v) is 12.6. The minimum absolute atomic E-state index is 0. The Labute approximate surface area is 332 Å². The van der Waals surface area contributed by atoms with Crippen molar-refractivity contribution in [1.29, 1.82) is 0 Å². The van der Waals surface area contributed by atoms with E-state index >= 15 is 0 Å². The van der Waals surface area contributed by atoms with Crippen molar-refractivity contribution in [3.8, 4) is 5.75 Å². The minimum atomic E-state index is -5.37. The first kappa shape index (κ1) is 42.9. The Balaban J connectivity index is 0.00000353. The van der Waals surface area contributed by atoms with Crippen molar-refractivity contribution in [2.24, 2.45) is 10.2 Å². The van der Waals surface area contributed by atoms with E-state index in [1.54, 1.807) is 0 Å². The summed E-state index contributed by atoms with van der Waals surface area (Å²) >= 11 is 5.90. The molecule has 0 unspecified atom stereocenters.